The molecule has 1 aliphatic heterocycles. The van der Waals surface area contributed by atoms with Gasteiger partial charge < -0.3 is 14.8 Å². The minimum atomic E-state index is -0.367. The second-order valence-electron chi connectivity index (χ2n) is 6.76. The molecule has 0 saturated heterocycles. The van der Waals surface area contributed by atoms with Crippen molar-refractivity contribution in [2.45, 2.75) is 10.9 Å². The normalized spacial score (nSPS) is 12.4. The van der Waals surface area contributed by atoms with Gasteiger partial charge in [-0.25, -0.2) is 14.6 Å². The van der Waals surface area contributed by atoms with E-state index in [1.165, 1.54) is 11.8 Å². The van der Waals surface area contributed by atoms with Crippen molar-refractivity contribution in [1.29, 1.82) is 0 Å². The van der Waals surface area contributed by atoms with E-state index in [2.05, 4.69) is 25.6 Å². The van der Waals surface area contributed by atoms with Crippen molar-refractivity contribution in [2.75, 3.05) is 18.5 Å². The molecule has 1 N–H and O–H groups in total. The van der Waals surface area contributed by atoms with Gasteiger partial charge in [0, 0.05) is 29.9 Å². The monoisotopic (exact) mass is 446 g/mol. The SMILES string of the molecule is O=C(Nc1ccc2c(c1)OCCO2)c1nnn(-c2ccccc2)c1CSc1ncccn1. The number of nitrogens with zero attached hydrogens (tertiary/aromatic N) is 5. The smallest absolute Gasteiger partial charge is 0.278 e. The number of anilines is 1. The summed E-state index contributed by atoms with van der Waals surface area (Å²) in [6, 6.07) is 16.6. The number of nitrogens with one attached hydrogen (secondary N) is 1. The quantitative estimate of drug-likeness (QED) is 0.355. The molecule has 9 nitrogen and oxygen atoms in total. The molecule has 2 aromatic carbocycles. The van der Waals surface area contributed by atoms with E-state index in [4.69, 9.17) is 9.47 Å². The van der Waals surface area contributed by atoms with Crippen molar-refractivity contribution in [3.8, 4) is 17.2 Å². The molecule has 160 valence electrons. The molecule has 1 aliphatic rings. The molecule has 32 heavy (non-hydrogen) atoms. The van der Waals surface area contributed by atoms with Gasteiger partial charge in [0.15, 0.2) is 22.3 Å². The first kappa shape index (κ1) is 20.0. The molecule has 4 aromatic rings. The number of hydrogen-bond donors (Lipinski definition) is 1. The average molecular weight is 446 g/mol. The van der Waals surface area contributed by atoms with Crippen LogP contribution < -0.4 is 14.8 Å². The summed E-state index contributed by atoms with van der Waals surface area (Å²) in [5, 5.41) is 11.9. The van der Waals surface area contributed by atoms with Crippen molar-refractivity contribution < 1.29 is 14.3 Å². The fraction of sp³-hybridized carbons (Fsp3) is 0.136. The highest BCUT2D eigenvalue weighted by atomic mass is 32.2. The second-order valence-corrected chi connectivity index (χ2v) is 7.71. The van der Waals surface area contributed by atoms with Crippen molar-refractivity contribution >= 4 is 23.4 Å². The number of rotatable bonds is 6. The van der Waals surface area contributed by atoms with Gasteiger partial charge in [0.25, 0.3) is 5.91 Å². The molecule has 0 saturated carbocycles. The van der Waals surface area contributed by atoms with Crippen molar-refractivity contribution in [3.05, 3.63) is 78.4 Å². The Hall–Kier alpha value is -3.92. The third-order valence-corrected chi connectivity index (χ3v) is 5.55. The third kappa shape index (κ3) is 4.26. The summed E-state index contributed by atoms with van der Waals surface area (Å²) in [6.07, 6.45) is 3.36. The number of aromatic nitrogens is 5. The molecule has 1 amide bonds. The van der Waals surface area contributed by atoms with Gasteiger partial charge in [-0.3, -0.25) is 4.79 Å². The Labute approximate surface area is 187 Å². The molecular weight excluding hydrogens is 428 g/mol. The number of para-hydroxylation sites is 1. The number of benzene rings is 2. The van der Waals surface area contributed by atoms with E-state index in [-0.39, 0.29) is 11.6 Å². The first-order chi connectivity index (χ1) is 15.8. The molecule has 0 bridgehead atoms. The lowest BCUT2D eigenvalue weighted by Gasteiger charge is -2.18. The van der Waals surface area contributed by atoms with Crippen LogP contribution in [0.15, 0.2) is 72.1 Å². The zero-order valence-electron chi connectivity index (χ0n) is 16.8. The zero-order chi connectivity index (χ0) is 21.8. The van der Waals surface area contributed by atoms with Gasteiger partial charge >= 0.3 is 0 Å². The van der Waals surface area contributed by atoms with Crippen LogP contribution >= 0.6 is 11.8 Å². The Kier molecular flexibility index (Phi) is 5.67. The molecule has 0 unspecified atom stereocenters. The summed E-state index contributed by atoms with van der Waals surface area (Å²) in [4.78, 5) is 21.6. The summed E-state index contributed by atoms with van der Waals surface area (Å²) in [5.74, 6) is 1.30. The van der Waals surface area contributed by atoms with Gasteiger partial charge in [0.05, 0.1) is 11.4 Å². The summed E-state index contributed by atoms with van der Waals surface area (Å²) in [6.45, 7) is 0.978. The molecule has 0 aliphatic carbocycles. The first-order valence-corrected chi connectivity index (χ1v) is 10.9. The summed E-state index contributed by atoms with van der Waals surface area (Å²) < 4.78 is 12.8. The van der Waals surface area contributed by atoms with E-state index >= 15 is 0 Å². The Bertz CT molecular complexity index is 1230. The molecule has 0 atom stereocenters. The standard InChI is InChI=1S/C22H18N6O3S/c29-21(25-15-7-8-18-19(13-15)31-12-11-30-18)20-17(14-32-22-23-9-4-10-24-22)28(27-26-20)16-5-2-1-3-6-16/h1-10,13H,11-12,14H2,(H,25,29). The van der Waals surface area contributed by atoms with Crippen molar-refractivity contribution in [3.63, 3.8) is 0 Å². The Morgan fingerprint density at radius 1 is 1.00 bits per heavy atom. The van der Waals surface area contributed by atoms with Crippen LogP contribution in [0.3, 0.4) is 0 Å². The van der Waals surface area contributed by atoms with E-state index in [1.807, 2.05) is 30.3 Å². The topological polar surface area (TPSA) is 104 Å². The van der Waals surface area contributed by atoms with E-state index in [1.54, 1.807) is 41.3 Å². The number of amides is 1. The third-order valence-electron chi connectivity index (χ3n) is 4.66. The van der Waals surface area contributed by atoms with Crippen LogP contribution in [0.2, 0.25) is 0 Å². The summed E-state index contributed by atoms with van der Waals surface area (Å²) >= 11 is 1.40. The maximum atomic E-state index is 13.1. The van der Waals surface area contributed by atoms with Crippen LogP contribution in [0, 0.1) is 0 Å². The minimum Gasteiger partial charge on any atom is -0.486 e. The van der Waals surface area contributed by atoms with Gasteiger partial charge in [-0.05, 0) is 30.3 Å². The molecule has 5 rings (SSSR count). The van der Waals surface area contributed by atoms with Crippen LogP contribution in [-0.2, 0) is 5.75 Å². The van der Waals surface area contributed by atoms with E-state index in [0.717, 1.165) is 5.69 Å². The molecule has 3 heterocycles. The highest BCUT2D eigenvalue weighted by molar-refractivity contribution is 7.98. The summed E-state index contributed by atoms with van der Waals surface area (Å²) in [5.41, 5.74) is 2.26. The highest BCUT2D eigenvalue weighted by Crippen LogP contribution is 2.33. The van der Waals surface area contributed by atoms with Crippen molar-refractivity contribution in [1.82, 2.24) is 25.0 Å². The molecule has 0 fully saturated rings. The van der Waals surface area contributed by atoms with Crippen LogP contribution in [-0.4, -0.2) is 44.1 Å². The molecule has 2 aromatic heterocycles. The van der Waals surface area contributed by atoms with Crippen molar-refractivity contribution in [2.24, 2.45) is 0 Å². The van der Waals surface area contributed by atoms with Crippen LogP contribution in [0.1, 0.15) is 16.2 Å². The highest BCUT2D eigenvalue weighted by Gasteiger charge is 2.22. The molecular formula is C22H18N6O3S. The van der Waals surface area contributed by atoms with Gasteiger partial charge in [0.2, 0.25) is 0 Å². The lowest BCUT2D eigenvalue weighted by atomic mass is 10.2. The summed E-state index contributed by atoms with van der Waals surface area (Å²) in [7, 11) is 0. The number of carbonyl (C=O) groups is 1. The van der Waals surface area contributed by atoms with Gasteiger partial charge in [-0.15, -0.1) is 5.10 Å². The Balaban J connectivity index is 1.43. The predicted molar refractivity (Wildman–Crippen MR) is 118 cm³/mol. The number of fused-ring (bicyclic) bond motifs is 1. The minimum absolute atomic E-state index is 0.229. The number of carbonyl (C=O) groups excluding carboxylic acids is 1. The number of thioether (sulfide) groups is 1. The van der Waals surface area contributed by atoms with E-state index < -0.39 is 0 Å². The molecule has 0 spiro atoms. The second kappa shape index (κ2) is 9.06. The molecule has 10 heteroatoms. The van der Waals surface area contributed by atoms with Crippen LogP contribution in [0.4, 0.5) is 5.69 Å². The number of hydrogen-bond acceptors (Lipinski definition) is 8. The van der Waals surface area contributed by atoms with Gasteiger partial charge in [-0.2, -0.15) is 0 Å². The fourth-order valence-electron chi connectivity index (χ4n) is 3.19. The largest absolute Gasteiger partial charge is 0.486 e. The van der Waals surface area contributed by atoms with Crippen LogP contribution in [0.25, 0.3) is 5.69 Å². The number of ether oxygens (including phenoxy) is 2. The van der Waals surface area contributed by atoms with E-state index in [0.29, 0.717) is 47.0 Å². The van der Waals surface area contributed by atoms with Gasteiger partial charge in [-0.1, -0.05) is 35.2 Å². The zero-order valence-corrected chi connectivity index (χ0v) is 17.7. The fourth-order valence-corrected chi connectivity index (χ4v) is 3.98. The maximum absolute atomic E-state index is 13.1. The predicted octanol–water partition coefficient (Wildman–Crippen LogP) is 3.37. The maximum Gasteiger partial charge on any atom is 0.278 e. The first-order valence-electron chi connectivity index (χ1n) is 9.89. The lowest BCUT2D eigenvalue weighted by Crippen LogP contribution is -2.17. The van der Waals surface area contributed by atoms with Gasteiger partial charge in [0.1, 0.15) is 13.2 Å². The van der Waals surface area contributed by atoms with E-state index in [9.17, 15) is 4.79 Å². The molecule has 0 radical (unpaired) electrons. The Morgan fingerprint density at radius 3 is 2.59 bits per heavy atom. The van der Waals surface area contributed by atoms with Crippen LogP contribution in [0.5, 0.6) is 11.5 Å². The Morgan fingerprint density at radius 2 is 1.78 bits per heavy atom. The lowest BCUT2D eigenvalue weighted by molar-refractivity contribution is 0.102. The average Bonchev–Trinajstić information content (AvgIpc) is 3.28.